The largest absolute Gasteiger partial charge is 0.453 e. The van der Waals surface area contributed by atoms with Crippen LogP contribution in [0.4, 0.5) is 9.59 Å². The highest BCUT2D eigenvalue weighted by Crippen LogP contribution is 2.35. The lowest BCUT2D eigenvalue weighted by molar-refractivity contribution is -0.137. The van der Waals surface area contributed by atoms with E-state index in [1.807, 2.05) is 56.3 Å². The van der Waals surface area contributed by atoms with E-state index in [2.05, 4.69) is 42.4 Å². The van der Waals surface area contributed by atoms with Gasteiger partial charge in [0.15, 0.2) is 0 Å². The smallest absolute Gasteiger partial charge is 0.407 e. The van der Waals surface area contributed by atoms with Crippen LogP contribution in [0.25, 0.3) is 33.1 Å². The Labute approximate surface area is 341 Å². The molecule has 2 fully saturated rings. The van der Waals surface area contributed by atoms with Gasteiger partial charge < -0.3 is 44.6 Å². The summed E-state index contributed by atoms with van der Waals surface area (Å²) in [5, 5.41) is 7.23. The number of methoxy groups -OCH3 is 3. The minimum atomic E-state index is -0.910. The second-order valence-corrected chi connectivity index (χ2v) is 15.2. The number of alkyl carbamates (subject to hydrolysis) is 2. The molecule has 16 nitrogen and oxygen atoms in total. The third kappa shape index (κ3) is 8.56. The molecule has 0 radical (unpaired) electrons. The van der Waals surface area contributed by atoms with Gasteiger partial charge >= 0.3 is 12.2 Å². The zero-order valence-electron chi connectivity index (χ0n) is 34.0. The van der Waals surface area contributed by atoms with Gasteiger partial charge in [0.1, 0.15) is 29.4 Å². The van der Waals surface area contributed by atoms with Gasteiger partial charge in [-0.3, -0.25) is 9.59 Å². The van der Waals surface area contributed by atoms with Crippen LogP contribution < -0.4 is 10.6 Å². The summed E-state index contributed by atoms with van der Waals surface area (Å²) in [6.07, 6.45) is 4.69. The van der Waals surface area contributed by atoms with Crippen LogP contribution in [0.5, 0.6) is 0 Å². The topological polar surface area (TPSA) is 197 Å². The number of nitrogens with zero attached hydrogens (tertiary/aromatic N) is 5. The third-order valence-corrected chi connectivity index (χ3v) is 11.2. The first-order valence-electron chi connectivity index (χ1n) is 19.8. The van der Waals surface area contributed by atoms with Crippen LogP contribution in [-0.2, 0) is 23.8 Å². The molecule has 2 aromatic carbocycles. The highest BCUT2D eigenvalue weighted by Gasteiger charge is 2.39. The van der Waals surface area contributed by atoms with Gasteiger partial charge in [-0.15, -0.1) is 0 Å². The zero-order valence-corrected chi connectivity index (χ0v) is 34.0. The highest BCUT2D eigenvalue weighted by atomic mass is 16.5. The van der Waals surface area contributed by atoms with E-state index in [1.54, 1.807) is 29.1 Å². The first kappa shape index (κ1) is 40.7. The summed E-state index contributed by atoms with van der Waals surface area (Å²) in [6, 6.07) is 11.6. The fraction of sp³-hybridized carbons (Fsp3) is 0.419. The van der Waals surface area contributed by atoms with E-state index in [1.165, 1.54) is 21.3 Å². The SMILES string of the molecule is COC(=O)NC(C(=O)N1CCCC1c1ncc(-c2ccc(C#Cc3ccc4c(ccc5[nH]c(C6CCCN6C(=O)C(NC(=O)OC)C(C)OC)nc54)c3)nc2)[nH]1)C(C)C. The van der Waals surface area contributed by atoms with Crippen molar-refractivity contribution in [2.45, 2.75) is 76.7 Å². The maximum absolute atomic E-state index is 13.7. The summed E-state index contributed by atoms with van der Waals surface area (Å²) in [5.41, 5.74) is 4.68. The molecule has 308 valence electrons. The molecule has 2 aliphatic heterocycles. The fourth-order valence-corrected chi connectivity index (χ4v) is 7.86. The van der Waals surface area contributed by atoms with Crippen molar-refractivity contribution in [1.29, 1.82) is 0 Å². The molecule has 0 spiro atoms. The van der Waals surface area contributed by atoms with Gasteiger partial charge in [0.25, 0.3) is 0 Å². The molecule has 4 N–H and O–H groups in total. The van der Waals surface area contributed by atoms with E-state index in [0.29, 0.717) is 30.4 Å². The first-order valence-corrected chi connectivity index (χ1v) is 19.8. The van der Waals surface area contributed by atoms with Gasteiger partial charge in [-0.25, -0.2) is 24.5 Å². The molecular formula is C43H49N9O7. The van der Waals surface area contributed by atoms with Crippen molar-refractivity contribution < 1.29 is 33.4 Å². The predicted octanol–water partition coefficient (Wildman–Crippen LogP) is 5.37. The van der Waals surface area contributed by atoms with E-state index < -0.39 is 30.4 Å². The van der Waals surface area contributed by atoms with Crippen LogP contribution >= 0.6 is 0 Å². The summed E-state index contributed by atoms with van der Waals surface area (Å²) >= 11 is 0. The van der Waals surface area contributed by atoms with E-state index in [9.17, 15) is 19.2 Å². The van der Waals surface area contributed by atoms with Crippen molar-refractivity contribution in [3.63, 3.8) is 0 Å². The van der Waals surface area contributed by atoms with Crippen LogP contribution in [0.3, 0.4) is 0 Å². The number of hydrogen-bond acceptors (Lipinski definition) is 10. The molecular weight excluding hydrogens is 755 g/mol. The van der Waals surface area contributed by atoms with Crippen molar-refractivity contribution in [1.82, 2.24) is 45.4 Å². The minimum Gasteiger partial charge on any atom is -0.453 e. The number of carbonyl (C=O) groups is 4. The van der Waals surface area contributed by atoms with Gasteiger partial charge in [-0.1, -0.05) is 31.9 Å². The maximum Gasteiger partial charge on any atom is 0.407 e. The Kier molecular flexibility index (Phi) is 12.1. The number of hydrogen-bond donors (Lipinski definition) is 4. The number of ether oxygens (including phenoxy) is 3. The normalized spacial score (nSPS) is 18.0. The number of likely N-dealkylation sites (tertiary alicyclic amines) is 2. The summed E-state index contributed by atoms with van der Waals surface area (Å²) in [5.74, 6) is 7.23. The van der Waals surface area contributed by atoms with Crippen LogP contribution in [0.15, 0.2) is 54.9 Å². The van der Waals surface area contributed by atoms with Gasteiger partial charge in [-0.2, -0.15) is 0 Å². The van der Waals surface area contributed by atoms with Crippen LogP contribution in [0, 0.1) is 17.8 Å². The molecule has 0 aliphatic carbocycles. The number of rotatable bonds is 10. The number of aromatic nitrogens is 5. The molecule has 3 aromatic heterocycles. The van der Waals surface area contributed by atoms with Crippen molar-refractivity contribution in [3.8, 4) is 23.1 Å². The van der Waals surface area contributed by atoms with Gasteiger partial charge in [-0.05, 0) is 80.2 Å². The standard InChI is InChI=1S/C43H49N9O7/c1-24(2)35(49-42(55)58-5)40(53)51-19-7-9-33(51)38-45-23-32(47-38)28-13-16-29(44-22-28)15-11-26-12-17-30-27(21-26)14-18-31-37(30)48-39(46-31)34-10-8-20-52(34)41(54)36(25(3)57-4)50-43(56)59-6/h12-14,16-18,21-25,33-36H,7-10,19-20H2,1-6H3,(H,45,47)(H,46,48)(H,49,55)(H,50,56). The van der Waals surface area contributed by atoms with E-state index in [0.717, 1.165) is 64.3 Å². The predicted molar refractivity (Wildman–Crippen MR) is 219 cm³/mol. The summed E-state index contributed by atoms with van der Waals surface area (Å²) < 4.78 is 14.9. The molecule has 0 bridgehead atoms. The number of nitrogens with one attached hydrogen (secondary N) is 4. The molecule has 5 heterocycles. The van der Waals surface area contributed by atoms with Crippen LogP contribution in [0.1, 0.15) is 81.4 Å². The summed E-state index contributed by atoms with van der Waals surface area (Å²) in [7, 11) is 4.03. The molecule has 2 aliphatic rings. The molecule has 5 unspecified atom stereocenters. The molecule has 5 aromatic rings. The van der Waals surface area contributed by atoms with Crippen LogP contribution in [-0.4, -0.2) is 111 Å². The Morgan fingerprint density at radius 2 is 1.46 bits per heavy atom. The van der Waals surface area contributed by atoms with Gasteiger partial charge in [0, 0.05) is 42.9 Å². The lowest BCUT2D eigenvalue weighted by Crippen LogP contribution is -2.54. The minimum absolute atomic E-state index is 0.120. The molecule has 59 heavy (non-hydrogen) atoms. The maximum atomic E-state index is 13.7. The second kappa shape index (κ2) is 17.6. The number of benzene rings is 2. The first-order chi connectivity index (χ1) is 28.5. The Balaban J connectivity index is 1.04. The molecule has 4 amide bonds. The lowest BCUT2D eigenvalue weighted by Gasteiger charge is -2.30. The van der Waals surface area contributed by atoms with Gasteiger partial charge in [0.05, 0.1) is 55.3 Å². The number of aromatic amines is 2. The Morgan fingerprint density at radius 1 is 0.780 bits per heavy atom. The fourth-order valence-electron chi connectivity index (χ4n) is 7.86. The second-order valence-electron chi connectivity index (χ2n) is 15.2. The summed E-state index contributed by atoms with van der Waals surface area (Å²) in [4.78, 5) is 75.8. The van der Waals surface area contributed by atoms with E-state index in [-0.39, 0.29) is 29.8 Å². The average Bonchev–Trinajstić information content (AvgIpc) is 4.09. The van der Waals surface area contributed by atoms with Crippen LogP contribution in [0.2, 0.25) is 0 Å². The molecule has 2 saturated heterocycles. The Hall–Kier alpha value is -6.47. The van der Waals surface area contributed by atoms with E-state index >= 15 is 0 Å². The number of fused-ring (bicyclic) bond motifs is 3. The molecule has 7 rings (SSSR count). The Bertz CT molecular complexity index is 2410. The van der Waals surface area contributed by atoms with E-state index in [4.69, 9.17) is 19.2 Å². The highest BCUT2D eigenvalue weighted by molar-refractivity contribution is 6.04. The Morgan fingerprint density at radius 3 is 2.10 bits per heavy atom. The zero-order chi connectivity index (χ0) is 41.8. The number of pyridine rings is 1. The number of imidazole rings is 2. The number of H-pyrrole nitrogens is 2. The van der Waals surface area contributed by atoms with Crippen molar-refractivity contribution in [2.24, 2.45) is 5.92 Å². The average molecular weight is 804 g/mol. The molecule has 16 heteroatoms. The third-order valence-electron chi connectivity index (χ3n) is 11.2. The van der Waals surface area contributed by atoms with Crippen molar-refractivity contribution >= 4 is 45.8 Å². The lowest BCUT2D eigenvalue weighted by atomic mass is 10.0. The number of carbonyl (C=O) groups excluding carboxylic acids is 4. The molecule has 5 atom stereocenters. The summed E-state index contributed by atoms with van der Waals surface area (Å²) in [6.45, 7) is 6.61. The quantitative estimate of drug-likeness (QED) is 0.133. The monoisotopic (exact) mass is 803 g/mol. The molecule has 0 saturated carbocycles. The number of amides is 4. The van der Waals surface area contributed by atoms with Crippen molar-refractivity contribution in [3.05, 3.63) is 77.8 Å². The van der Waals surface area contributed by atoms with Crippen molar-refractivity contribution in [2.75, 3.05) is 34.4 Å². The van der Waals surface area contributed by atoms with Gasteiger partial charge in [0.2, 0.25) is 11.8 Å².